The zero-order valence-corrected chi connectivity index (χ0v) is 13.0. The number of rotatable bonds is 5. The molecule has 0 bridgehead atoms. The van der Waals surface area contributed by atoms with Gasteiger partial charge in [-0.1, -0.05) is 41.9 Å². The molecule has 1 atom stereocenters. The SMILES string of the molecule is Cc1ccccc1NC(=O)C[NH2+][C@@H](C)c1cccc(Cl)c1. The van der Waals surface area contributed by atoms with Gasteiger partial charge < -0.3 is 10.6 Å². The zero-order valence-electron chi connectivity index (χ0n) is 12.3. The fourth-order valence-electron chi connectivity index (χ4n) is 2.12. The Kier molecular flexibility index (Phi) is 5.37. The zero-order chi connectivity index (χ0) is 15.2. The number of quaternary nitrogens is 1. The fourth-order valence-corrected chi connectivity index (χ4v) is 2.32. The molecule has 3 nitrogen and oxygen atoms in total. The van der Waals surface area contributed by atoms with E-state index in [-0.39, 0.29) is 11.9 Å². The van der Waals surface area contributed by atoms with Crippen LogP contribution in [0.3, 0.4) is 0 Å². The standard InChI is InChI=1S/C17H19ClN2O/c1-12-6-3-4-9-16(12)20-17(21)11-19-13(2)14-7-5-8-15(18)10-14/h3-10,13,19H,11H2,1-2H3,(H,20,21)/p+1/t13-/m0/s1. The number of halogens is 1. The lowest BCUT2D eigenvalue weighted by molar-refractivity contribution is -0.682. The highest BCUT2D eigenvalue weighted by atomic mass is 35.5. The van der Waals surface area contributed by atoms with Gasteiger partial charge in [0, 0.05) is 16.3 Å². The van der Waals surface area contributed by atoms with Crippen molar-refractivity contribution >= 4 is 23.2 Å². The van der Waals surface area contributed by atoms with Crippen LogP contribution in [0.15, 0.2) is 48.5 Å². The summed E-state index contributed by atoms with van der Waals surface area (Å²) < 4.78 is 0. The molecule has 0 aliphatic heterocycles. The first-order chi connectivity index (χ1) is 10.1. The molecule has 3 N–H and O–H groups in total. The first-order valence-electron chi connectivity index (χ1n) is 7.00. The van der Waals surface area contributed by atoms with Gasteiger partial charge in [-0.3, -0.25) is 4.79 Å². The van der Waals surface area contributed by atoms with Gasteiger partial charge in [-0.25, -0.2) is 0 Å². The summed E-state index contributed by atoms with van der Waals surface area (Å²) in [6.07, 6.45) is 0. The maximum Gasteiger partial charge on any atom is 0.279 e. The van der Waals surface area contributed by atoms with Crippen molar-refractivity contribution in [1.82, 2.24) is 0 Å². The number of amides is 1. The molecule has 1 amide bonds. The van der Waals surface area contributed by atoms with Crippen LogP contribution in [0.1, 0.15) is 24.1 Å². The van der Waals surface area contributed by atoms with Gasteiger partial charge in [-0.15, -0.1) is 0 Å². The lowest BCUT2D eigenvalue weighted by Crippen LogP contribution is -2.86. The maximum absolute atomic E-state index is 12.0. The monoisotopic (exact) mass is 303 g/mol. The Morgan fingerprint density at radius 1 is 1.24 bits per heavy atom. The molecule has 21 heavy (non-hydrogen) atoms. The Labute approximate surface area is 130 Å². The van der Waals surface area contributed by atoms with Gasteiger partial charge in [0.05, 0.1) is 0 Å². The molecule has 2 aromatic rings. The summed E-state index contributed by atoms with van der Waals surface area (Å²) in [6.45, 7) is 4.42. The van der Waals surface area contributed by atoms with E-state index < -0.39 is 0 Å². The summed E-state index contributed by atoms with van der Waals surface area (Å²) >= 11 is 5.98. The van der Waals surface area contributed by atoms with E-state index in [9.17, 15) is 4.79 Å². The van der Waals surface area contributed by atoms with Crippen LogP contribution in [-0.2, 0) is 4.79 Å². The van der Waals surface area contributed by atoms with Gasteiger partial charge >= 0.3 is 0 Å². The number of para-hydroxylation sites is 1. The Hall–Kier alpha value is -1.84. The normalized spacial score (nSPS) is 12.0. The molecule has 2 aromatic carbocycles. The average Bonchev–Trinajstić information content (AvgIpc) is 2.47. The van der Waals surface area contributed by atoms with E-state index in [2.05, 4.69) is 12.2 Å². The second-order valence-corrected chi connectivity index (χ2v) is 5.58. The smallest absolute Gasteiger partial charge is 0.279 e. The van der Waals surface area contributed by atoms with Gasteiger partial charge in [-0.2, -0.15) is 0 Å². The Morgan fingerprint density at radius 3 is 2.71 bits per heavy atom. The van der Waals surface area contributed by atoms with Crippen molar-refractivity contribution in [3.8, 4) is 0 Å². The summed E-state index contributed by atoms with van der Waals surface area (Å²) in [5.41, 5.74) is 3.05. The summed E-state index contributed by atoms with van der Waals surface area (Å²) in [6, 6.07) is 15.7. The predicted octanol–water partition coefficient (Wildman–Crippen LogP) is 2.91. The number of carbonyl (C=O) groups excluding carboxylic acids is 1. The third kappa shape index (κ3) is 4.59. The lowest BCUT2D eigenvalue weighted by atomic mass is 10.1. The first kappa shape index (κ1) is 15.5. The number of anilines is 1. The fraction of sp³-hybridized carbons (Fsp3) is 0.235. The number of nitrogens with one attached hydrogen (secondary N) is 1. The molecule has 0 saturated heterocycles. The Balaban J connectivity index is 1.88. The van der Waals surface area contributed by atoms with E-state index in [0.29, 0.717) is 6.54 Å². The number of nitrogens with two attached hydrogens (primary N) is 1. The average molecular weight is 304 g/mol. The molecule has 4 heteroatoms. The third-order valence-electron chi connectivity index (χ3n) is 3.45. The number of carbonyl (C=O) groups is 1. The van der Waals surface area contributed by atoms with Gasteiger partial charge in [0.25, 0.3) is 5.91 Å². The minimum atomic E-state index is -0.00169. The Morgan fingerprint density at radius 2 is 2.00 bits per heavy atom. The maximum atomic E-state index is 12.0. The van der Waals surface area contributed by atoms with Crippen LogP contribution in [0.2, 0.25) is 5.02 Å². The summed E-state index contributed by atoms with van der Waals surface area (Å²) in [4.78, 5) is 12.0. The Bertz CT molecular complexity index is 628. The molecule has 0 saturated carbocycles. The predicted molar refractivity (Wildman–Crippen MR) is 86.5 cm³/mol. The molecule has 0 radical (unpaired) electrons. The van der Waals surface area contributed by atoms with Crippen molar-refractivity contribution < 1.29 is 10.1 Å². The van der Waals surface area contributed by atoms with Crippen LogP contribution in [0.25, 0.3) is 0 Å². The van der Waals surface area contributed by atoms with Crippen LogP contribution in [-0.4, -0.2) is 12.5 Å². The van der Waals surface area contributed by atoms with Gasteiger partial charge in [0.1, 0.15) is 6.04 Å². The number of benzene rings is 2. The van der Waals surface area contributed by atoms with Crippen molar-refractivity contribution in [3.05, 3.63) is 64.7 Å². The molecular formula is C17H20ClN2O+. The van der Waals surface area contributed by atoms with Crippen molar-refractivity contribution in [2.75, 3.05) is 11.9 Å². The molecule has 0 spiro atoms. The highest BCUT2D eigenvalue weighted by Crippen LogP contribution is 2.15. The van der Waals surface area contributed by atoms with Crippen molar-refractivity contribution in [2.24, 2.45) is 0 Å². The van der Waals surface area contributed by atoms with Crippen molar-refractivity contribution in [1.29, 1.82) is 0 Å². The van der Waals surface area contributed by atoms with E-state index in [1.165, 1.54) is 0 Å². The molecule has 0 aliphatic carbocycles. The molecule has 0 aliphatic rings. The number of hydrogen-bond donors (Lipinski definition) is 2. The van der Waals surface area contributed by atoms with Crippen molar-refractivity contribution in [3.63, 3.8) is 0 Å². The summed E-state index contributed by atoms with van der Waals surface area (Å²) in [5, 5.41) is 5.65. The molecule has 0 aromatic heterocycles. The number of hydrogen-bond acceptors (Lipinski definition) is 1. The van der Waals surface area contributed by atoms with E-state index in [4.69, 9.17) is 11.6 Å². The topological polar surface area (TPSA) is 45.7 Å². The molecule has 0 unspecified atom stereocenters. The van der Waals surface area contributed by atoms with E-state index in [1.807, 2.05) is 60.8 Å². The second-order valence-electron chi connectivity index (χ2n) is 5.15. The summed E-state index contributed by atoms with van der Waals surface area (Å²) in [5.74, 6) is -0.00169. The number of aryl methyl sites for hydroxylation is 1. The van der Waals surface area contributed by atoms with Gasteiger partial charge in [0.2, 0.25) is 0 Å². The van der Waals surface area contributed by atoms with E-state index >= 15 is 0 Å². The van der Waals surface area contributed by atoms with E-state index in [1.54, 1.807) is 0 Å². The van der Waals surface area contributed by atoms with Crippen LogP contribution >= 0.6 is 11.6 Å². The van der Waals surface area contributed by atoms with Crippen LogP contribution in [0.4, 0.5) is 5.69 Å². The third-order valence-corrected chi connectivity index (χ3v) is 3.69. The van der Waals surface area contributed by atoms with E-state index in [0.717, 1.165) is 21.8 Å². The highest BCUT2D eigenvalue weighted by Gasteiger charge is 2.12. The molecule has 2 rings (SSSR count). The van der Waals surface area contributed by atoms with Crippen molar-refractivity contribution in [2.45, 2.75) is 19.9 Å². The van der Waals surface area contributed by atoms with Crippen LogP contribution < -0.4 is 10.6 Å². The minimum Gasteiger partial charge on any atom is -0.333 e. The highest BCUT2D eigenvalue weighted by molar-refractivity contribution is 6.30. The first-order valence-corrected chi connectivity index (χ1v) is 7.38. The minimum absolute atomic E-state index is 0.00169. The quantitative estimate of drug-likeness (QED) is 0.876. The molecule has 0 fully saturated rings. The molecule has 110 valence electrons. The largest absolute Gasteiger partial charge is 0.333 e. The molecule has 0 heterocycles. The van der Waals surface area contributed by atoms with Crippen LogP contribution in [0.5, 0.6) is 0 Å². The second kappa shape index (κ2) is 7.25. The lowest BCUT2D eigenvalue weighted by Gasteiger charge is -2.12. The van der Waals surface area contributed by atoms with Crippen LogP contribution in [0, 0.1) is 6.92 Å². The van der Waals surface area contributed by atoms with Gasteiger partial charge in [-0.05, 0) is 37.6 Å². The van der Waals surface area contributed by atoms with Gasteiger partial charge in [0.15, 0.2) is 6.54 Å². The summed E-state index contributed by atoms with van der Waals surface area (Å²) in [7, 11) is 0. The molecular weight excluding hydrogens is 284 g/mol.